The van der Waals surface area contributed by atoms with Crippen molar-refractivity contribution in [2.24, 2.45) is 0 Å². The van der Waals surface area contributed by atoms with E-state index in [0.29, 0.717) is 26.2 Å². The molecule has 1 aliphatic heterocycles. The van der Waals surface area contributed by atoms with Crippen molar-refractivity contribution in [1.82, 2.24) is 20.0 Å². The SMILES string of the molecule is COCCNC(=O)CN1CCN(CC(=O)N(C)C(C)c2cccs2)CC1. The van der Waals surface area contributed by atoms with E-state index in [-0.39, 0.29) is 17.9 Å². The lowest BCUT2D eigenvalue weighted by molar-refractivity contribution is -0.133. The van der Waals surface area contributed by atoms with Crippen molar-refractivity contribution in [3.05, 3.63) is 22.4 Å². The van der Waals surface area contributed by atoms with Gasteiger partial charge in [-0.1, -0.05) is 6.07 Å². The maximum absolute atomic E-state index is 12.6. The second-order valence-electron chi connectivity index (χ2n) is 6.59. The Morgan fingerprint density at radius 1 is 1.27 bits per heavy atom. The summed E-state index contributed by atoms with van der Waals surface area (Å²) < 4.78 is 4.92. The van der Waals surface area contributed by atoms with Gasteiger partial charge in [0, 0.05) is 51.8 Å². The average Bonchev–Trinajstić information content (AvgIpc) is 3.17. The number of amides is 2. The predicted octanol–water partition coefficient (Wildman–Crippen LogP) is 0.648. The zero-order chi connectivity index (χ0) is 18.9. The van der Waals surface area contributed by atoms with Crippen LogP contribution in [-0.4, -0.2) is 93.1 Å². The van der Waals surface area contributed by atoms with Crippen LogP contribution < -0.4 is 5.32 Å². The van der Waals surface area contributed by atoms with Crippen molar-refractivity contribution in [1.29, 1.82) is 0 Å². The van der Waals surface area contributed by atoms with Gasteiger partial charge in [-0.25, -0.2) is 0 Å². The largest absolute Gasteiger partial charge is 0.383 e. The van der Waals surface area contributed by atoms with Gasteiger partial charge in [-0.3, -0.25) is 19.4 Å². The third-order valence-corrected chi connectivity index (χ3v) is 5.79. The van der Waals surface area contributed by atoms with Crippen molar-refractivity contribution < 1.29 is 14.3 Å². The van der Waals surface area contributed by atoms with Crippen molar-refractivity contribution in [3.8, 4) is 0 Å². The Bertz CT molecular complexity index is 559. The van der Waals surface area contributed by atoms with Gasteiger partial charge < -0.3 is 15.0 Å². The summed E-state index contributed by atoms with van der Waals surface area (Å²) in [7, 11) is 3.48. The molecule has 2 rings (SSSR count). The highest BCUT2D eigenvalue weighted by Crippen LogP contribution is 2.23. The molecule has 2 amide bonds. The summed E-state index contributed by atoms with van der Waals surface area (Å²) >= 11 is 1.68. The molecule has 1 N–H and O–H groups in total. The highest BCUT2D eigenvalue weighted by molar-refractivity contribution is 7.10. The van der Waals surface area contributed by atoms with E-state index < -0.39 is 0 Å². The maximum atomic E-state index is 12.6. The minimum Gasteiger partial charge on any atom is -0.383 e. The Morgan fingerprint density at radius 2 is 1.92 bits per heavy atom. The third kappa shape index (κ3) is 6.35. The number of rotatable bonds is 9. The van der Waals surface area contributed by atoms with Crippen molar-refractivity contribution in [2.75, 3.05) is 66.6 Å². The summed E-state index contributed by atoms with van der Waals surface area (Å²) in [5.41, 5.74) is 0. The number of hydrogen-bond donors (Lipinski definition) is 1. The lowest BCUT2D eigenvalue weighted by Gasteiger charge is -2.35. The van der Waals surface area contributed by atoms with Crippen LogP contribution in [0.1, 0.15) is 17.8 Å². The fourth-order valence-corrected chi connectivity index (χ4v) is 3.72. The van der Waals surface area contributed by atoms with Crippen LogP contribution in [0.4, 0.5) is 0 Å². The fraction of sp³-hybridized carbons (Fsp3) is 0.667. The normalized spacial score (nSPS) is 17.0. The molecule has 0 aromatic carbocycles. The molecule has 0 bridgehead atoms. The highest BCUT2D eigenvalue weighted by Gasteiger charge is 2.24. The molecule has 0 spiro atoms. The molecule has 1 aliphatic rings. The number of ether oxygens (including phenoxy) is 1. The monoisotopic (exact) mass is 382 g/mol. The number of hydrogen-bond acceptors (Lipinski definition) is 6. The second-order valence-corrected chi connectivity index (χ2v) is 7.57. The molecule has 0 radical (unpaired) electrons. The van der Waals surface area contributed by atoms with Crippen LogP contribution in [0.15, 0.2) is 17.5 Å². The first kappa shape index (κ1) is 20.8. The van der Waals surface area contributed by atoms with Gasteiger partial charge in [0.1, 0.15) is 0 Å². The first-order chi connectivity index (χ1) is 12.5. The molecule has 8 heteroatoms. The van der Waals surface area contributed by atoms with Crippen molar-refractivity contribution in [2.45, 2.75) is 13.0 Å². The summed E-state index contributed by atoms with van der Waals surface area (Å²) in [6, 6.07) is 4.18. The molecule has 1 aromatic rings. The summed E-state index contributed by atoms with van der Waals surface area (Å²) in [5, 5.41) is 4.87. The van der Waals surface area contributed by atoms with Gasteiger partial charge in [0.25, 0.3) is 0 Å². The number of carbonyl (C=O) groups is 2. The number of piperazine rings is 1. The number of nitrogens with one attached hydrogen (secondary N) is 1. The van der Waals surface area contributed by atoms with Crippen LogP contribution in [0.3, 0.4) is 0 Å². The van der Waals surface area contributed by atoms with Crippen LogP contribution >= 0.6 is 11.3 Å². The molecule has 1 fully saturated rings. The van der Waals surface area contributed by atoms with E-state index >= 15 is 0 Å². The third-order valence-electron chi connectivity index (χ3n) is 4.75. The number of methoxy groups -OCH3 is 1. The van der Waals surface area contributed by atoms with Gasteiger partial charge in [0.15, 0.2) is 0 Å². The number of thiophene rings is 1. The summed E-state index contributed by atoms with van der Waals surface area (Å²) in [4.78, 5) is 31.7. The Hall–Kier alpha value is -1.48. The average molecular weight is 383 g/mol. The van der Waals surface area contributed by atoms with Gasteiger partial charge in [-0.05, 0) is 18.4 Å². The van der Waals surface area contributed by atoms with Gasteiger partial charge in [0.2, 0.25) is 11.8 Å². The van der Waals surface area contributed by atoms with Crippen LogP contribution in [0.25, 0.3) is 0 Å². The van der Waals surface area contributed by atoms with Gasteiger partial charge in [-0.15, -0.1) is 11.3 Å². The Labute approximate surface area is 159 Å². The lowest BCUT2D eigenvalue weighted by atomic mass is 10.2. The van der Waals surface area contributed by atoms with E-state index in [9.17, 15) is 9.59 Å². The summed E-state index contributed by atoms with van der Waals surface area (Å²) in [6.45, 7) is 7.17. The second kappa shape index (κ2) is 10.6. The molecule has 0 aliphatic carbocycles. The molecular formula is C18H30N4O3S. The Morgan fingerprint density at radius 3 is 2.50 bits per heavy atom. The van der Waals surface area contributed by atoms with Crippen LogP contribution in [-0.2, 0) is 14.3 Å². The first-order valence-electron chi connectivity index (χ1n) is 9.00. The number of nitrogens with zero attached hydrogens (tertiary/aromatic N) is 3. The van der Waals surface area contributed by atoms with E-state index in [0.717, 1.165) is 26.2 Å². The molecule has 1 saturated heterocycles. The van der Waals surface area contributed by atoms with Gasteiger partial charge >= 0.3 is 0 Å². The lowest BCUT2D eigenvalue weighted by Crippen LogP contribution is -2.51. The molecule has 0 saturated carbocycles. The van der Waals surface area contributed by atoms with Gasteiger partial charge in [0.05, 0.1) is 25.7 Å². The van der Waals surface area contributed by atoms with E-state index in [4.69, 9.17) is 4.74 Å². The molecule has 1 aromatic heterocycles. The first-order valence-corrected chi connectivity index (χ1v) is 9.88. The smallest absolute Gasteiger partial charge is 0.237 e. The molecule has 1 unspecified atom stereocenters. The van der Waals surface area contributed by atoms with Crippen molar-refractivity contribution >= 4 is 23.2 Å². The maximum Gasteiger partial charge on any atom is 0.237 e. The number of likely N-dealkylation sites (N-methyl/N-ethyl adjacent to an activating group) is 1. The van der Waals surface area contributed by atoms with Crippen LogP contribution in [0, 0.1) is 0 Å². The molecule has 2 heterocycles. The topological polar surface area (TPSA) is 65.1 Å². The predicted molar refractivity (Wildman–Crippen MR) is 103 cm³/mol. The quantitative estimate of drug-likeness (QED) is 0.635. The molecule has 26 heavy (non-hydrogen) atoms. The minimum atomic E-state index is 0.0242. The zero-order valence-electron chi connectivity index (χ0n) is 15.9. The number of carbonyl (C=O) groups excluding carboxylic acids is 2. The van der Waals surface area contributed by atoms with E-state index in [1.165, 1.54) is 4.88 Å². The molecule has 146 valence electrons. The van der Waals surface area contributed by atoms with Crippen molar-refractivity contribution in [3.63, 3.8) is 0 Å². The highest BCUT2D eigenvalue weighted by atomic mass is 32.1. The Kier molecular flexibility index (Phi) is 8.50. The minimum absolute atomic E-state index is 0.0242. The van der Waals surface area contributed by atoms with E-state index in [1.807, 2.05) is 23.4 Å². The zero-order valence-corrected chi connectivity index (χ0v) is 16.8. The summed E-state index contributed by atoms with van der Waals surface area (Å²) in [6.07, 6.45) is 0. The van der Waals surface area contributed by atoms with E-state index in [1.54, 1.807) is 18.4 Å². The Balaban J connectivity index is 1.69. The standard InChI is InChI=1S/C18H30N4O3S/c1-15(16-5-4-12-26-16)20(2)18(24)14-22-9-7-21(8-10-22)13-17(23)19-6-11-25-3/h4-5,12,15H,6-11,13-14H2,1-3H3,(H,19,23). The van der Waals surface area contributed by atoms with E-state index in [2.05, 4.69) is 28.1 Å². The summed E-state index contributed by atoms with van der Waals surface area (Å²) in [5.74, 6) is 0.160. The molecular weight excluding hydrogens is 352 g/mol. The fourth-order valence-electron chi connectivity index (χ4n) is 2.90. The molecule has 1 atom stereocenters. The molecule has 7 nitrogen and oxygen atoms in total. The van der Waals surface area contributed by atoms with Crippen LogP contribution in [0.2, 0.25) is 0 Å². The van der Waals surface area contributed by atoms with Crippen LogP contribution in [0.5, 0.6) is 0 Å². The van der Waals surface area contributed by atoms with Gasteiger partial charge in [-0.2, -0.15) is 0 Å².